The maximum absolute atomic E-state index is 15.5. The van der Waals surface area contributed by atoms with Gasteiger partial charge in [-0.1, -0.05) is 24.5 Å². The van der Waals surface area contributed by atoms with Crippen LogP contribution in [0.2, 0.25) is 0 Å². The van der Waals surface area contributed by atoms with Gasteiger partial charge in [-0.2, -0.15) is 0 Å². The van der Waals surface area contributed by atoms with Gasteiger partial charge in [0.25, 0.3) is 5.91 Å². The lowest BCUT2D eigenvalue weighted by Crippen LogP contribution is -2.67. The molecule has 4 atom stereocenters. The van der Waals surface area contributed by atoms with Crippen molar-refractivity contribution in [3.05, 3.63) is 59.7 Å². The molecule has 298 valence electrons. The fourth-order valence-corrected chi connectivity index (χ4v) is 11.3. The minimum atomic E-state index is -3.89. The largest absolute Gasteiger partial charge is 0.453 e. The Balaban J connectivity index is 1.12. The highest BCUT2D eigenvalue weighted by Crippen LogP contribution is 2.50. The maximum Gasteiger partial charge on any atom is 0.407 e. The van der Waals surface area contributed by atoms with E-state index in [1.165, 1.54) is 44.1 Å². The molecule has 2 aromatic rings. The molecule has 0 bridgehead atoms. The molecular formula is C40H51F2N5O7S. The van der Waals surface area contributed by atoms with Gasteiger partial charge in [0.15, 0.2) is 9.84 Å². The van der Waals surface area contributed by atoms with Crippen molar-refractivity contribution < 1.29 is 41.4 Å². The van der Waals surface area contributed by atoms with Crippen molar-refractivity contribution in [1.29, 1.82) is 0 Å². The fraction of sp³-hybridized carbons (Fsp3) is 0.575. The normalized spacial score (nSPS) is 23.9. The van der Waals surface area contributed by atoms with E-state index in [1.807, 2.05) is 6.07 Å². The Morgan fingerprint density at radius 1 is 1.04 bits per heavy atom. The average molecular weight is 784 g/mol. The first kappa shape index (κ1) is 40.4. The number of anilines is 1. The molecule has 0 radical (unpaired) electrons. The van der Waals surface area contributed by atoms with E-state index >= 15 is 4.39 Å². The lowest BCUT2D eigenvalue weighted by molar-refractivity contribution is -0.124. The van der Waals surface area contributed by atoms with Gasteiger partial charge in [-0.3, -0.25) is 9.59 Å². The summed E-state index contributed by atoms with van der Waals surface area (Å²) in [5.74, 6) is 3.16. The van der Waals surface area contributed by atoms with E-state index in [4.69, 9.17) is 4.74 Å². The molecule has 3 amide bonds. The Morgan fingerprint density at radius 2 is 1.78 bits per heavy atom. The van der Waals surface area contributed by atoms with Crippen molar-refractivity contribution in [3.63, 3.8) is 0 Å². The number of alkyl carbamates (subject to hydrolysis) is 1. The molecule has 4 fully saturated rings. The summed E-state index contributed by atoms with van der Waals surface area (Å²) in [4.78, 5) is 42.0. The first-order valence-corrected chi connectivity index (χ1v) is 20.5. The van der Waals surface area contributed by atoms with Crippen molar-refractivity contribution in [2.24, 2.45) is 11.8 Å². The van der Waals surface area contributed by atoms with Gasteiger partial charge in [-0.05, 0) is 106 Å². The van der Waals surface area contributed by atoms with Gasteiger partial charge in [0.05, 0.1) is 22.9 Å². The number of amides is 3. The van der Waals surface area contributed by atoms with Crippen molar-refractivity contribution in [3.8, 4) is 11.8 Å². The maximum atomic E-state index is 15.5. The highest BCUT2D eigenvalue weighted by atomic mass is 32.2. The molecule has 1 unspecified atom stereocenters. The second-order valence-corrected chi connectivity index (χ2v) is 17.8. The molecule has 3 saturated heterocycles. The lowest BCUT2D eigenvalue weighted by atomic mass is 9.58. The molecule has 3 heterocycles. The number of hydrogen-bond acceptors (Lipinski definition) is 9. The van der Waals surface area contributed by atoms with E-state index < -0.39 is 43.9 Å². The van der Waals surface area contributed by atoms with E-state index in [0.29, 0.717) is 32.5 Å². The fourth-order valence-electron chi connectivity index (χ4n) is 9.56. The second-order valence-electron chi connectivity index (χ2n) is 15.6. The number of β-amino-alcohol motifs (C(OH)–C–C–N with tert-alkyl or cyclic N) is 1. The number of likely N-dealkylation sites (tertiary alicyclic amines) is 2. The number of methoxy groups -OCH3 is 1. The van der Waals surface area contributed by atoms with Crippen molar-refractivity contribution in [1.82, 2.24) is 20.4 Å². The molecule has 3 N–H and O–H groups in total. The van der Waals surface area contributed by atoms with Crippen molar-refractivity contribution >= 4 is 33.4 Å². The minimum absolute atomic E-state index is 0.00438. The van der Waals surface area contributed by atoms with Crippen LogP contribution in [0, 0.1) is 35.3 Å². The number of nitrogens with one attached hydrogen (secondary N) is 2. The van der Waals surface area contributed by atoms with Crippen LogP contribution in [0.5, 0.6) is 0 Å². The predicted octanol–water partition coefficient (Wildman–Crippen LogP) is 3.22. The average Bonchev–Trinajstić information content (AvgIpc) is 3.83. The van der Waals surface area contributed by atoms with Crippen molar-refractivity contribution in [2.75, 3.05) is 64.4 Å². The number of piperidine rings is 1. The molecule has 12 nitrogen and oxygen atoms in total. The van der Waals surface area contributed by atoms with E-state index in [2.05, 4.69) is 27.4 Å². The number of carbonyl (C=O) groups is 3. The van der Waals surface area contributed by atoms with Crippen LogP contribution < -0.4 is 15.5 Å². The topological polar surface area (TPSA) is 149 Å². The summed E-state index contributed by atoms with van der Waals surface area (Å²) in [7, 11) is -2.57. The third kappa shape index (κ3) is 8.46. The molecular weight excluding hydrogens is 733 g/mol. The van der Waals surface area contributed by atoms with E-state index in [0.717, 1.165) is 30.9 Å². The third-order valence-corrected chi connectivity index (χ3v) is 14.3. The standard InChI is InChI=1S/C40H51F2N5O7S/c1-4-7-37(49)46-19-16-32(22-46)55(52,53)31-12-13-36(34(42)21-31)47-25-39(51,26-47)24-45-17-14-28(15-18-45)40(23-43-27(2)48,29-8-5-9-30(41)20-29)33-10-6-11-35(33)44-38(50)54-3/h5,8-9,12-13,20-21,28,32-33,35,51H,6,10-11,14-19,22-26H2,1-3H3,(H,43,48)(H,44,50)/t32-,33+,35+,40?/m1/s1. The molecule has 0 aromatic heterocycles. The Hall–Kier alpha value is -4.26. The Bertz CT molecular complexity index is 1940. The van der Waals surface area contributed by atoms with Crippen LogP contribution in [-0.4, -0.2) is 118 Å². The molecule has 0 spiro atoms. The molecule has 55 heavy (non-hydrogen) atoms. The number of halogens is 2. The summed E-state index contributed by atoms with van der Waals surface area (Å²) < 4.78 is 62.0. The summed E-state index contributed by atoms with van der Waals surface area (Å²) in [6.45, 7) is 5.46. The Labute approximate surface area is 321 Å². The van der Waals surface area contributed by atoms with Crippen LogP contribution >= 0.6 is 0 Å². The van der Waals surface area contributed by atoms with Gasteiger partial charge < -0.3 is 35.2 Å². The van der Waals surface area contributed by atoms with Gasteiger partial charge in [-0.25, -0.2) is 22.0 Å². The number of carbonyl (C=O) groups excluding carboxylic acids is 3. The van der Waals surface area contributed by atoms with Crippen molar-refractivity contribution in [2.45, 2.75) is 79.6 Å². The predicted molar refractivity (Wildman–Crippen MR) is 202 cm³/mol. The number of benzene rings is 2. The number of aliphatic hydroxyl groups is 1. The molecule has 1 saturated carbocycles. The molecule has 15 heteroatoms. The highest BCUT2D eigenvalue weighted by molar-refractivity contribution is 7.92. The smallest absolute Gasteiger partial charge is 0.407 e. The third-order valence-electron chi connectivity index (χ3n) is 12.2. The van der Waals surface area contributed by atoms with Crippen LogP contribution in [0.1, 0.15) is 57.9 Å². The van der Waals surface area contributed by atoms with E-state index in [-0.39, 0.29) is 79.3 Å². The van der Waals surface area contributed by atoms with Gasteiger partial charge in [-0.15, -0.1) is 0 Å². The summed E-state index contributed by atoms with van der Waals surface area (Å²) in [6.07, 6.45) is 3.47. The molecule has 3 aliphatic heterocycles. The number of hydrogen-bond donors (Lipinski definition) is 3. The monoisotopic (exact) mass is 783 g/mol. The van der Waals surface area contributed by atoms with Gasteiger partial charge in [0, 0.05) is 57.6 Å². The minimum Gasteiger partial charge on any atom is -0.453 e. The highest BCUT2D eigenvalue weighted by Gasteiger charge is 2.53. The zero-order valence-electron chi connectivity index (χ0n) is 31.7. The van der Waals surface area contributed by atoms with E-state index in [1.54, 1.807) is 17.0 Å². The molecule has 2 aromatic carbocycles. The Morgan fingerprint density at radius 3 is 2.44 bits per heavy atom. The quantitative estimate of drug-likeness (QED) is 0.293. The van der Waals surface area contributed by atoms with Crippen LogP contribution in [0.25, 0.3) is 0 Å². The van der Waals surface area contributed by atoms with Gasteiger partial charge >= 0.3 is 6.09 Å². The summed E-state index contributed by atoms with van der Waals surface area (Å²) in [5, 5.41) is 16.7. The summed E-state index contributed by atoms with van der Waals surface area (Å²) >= 11 is 0. The molecule has 1 aliphatic carbocycles. The van der Waals surface area contributed by atoms with Crippen LogP contribution in [0.3, 0.4) is 0 Å². The van der Waals surface area contributed by atoms with E-state index in [9.17, 15) is 32.3 Å². The van der Waals surface area contributed by atoms with Crippen LogP contribution in [0.15, 0.2) is 47.4 Å². The zero-order valence-corrected chi connectivity index (χ0v) is 32.5. The number of nitrogens with zero attached hydrogens (tertiary/aromatic N) is 3. The summed E-state index contributed by atoms with van der Waals surface area (Å²) in [6, 6.07) is 10.1. The van der Waals surface area contributed by atoms with Gasteiger partial charge in [0.1, 0.15) is 17.2 Å². The van der Waals surface area contributed by atoms with Crippen LogP contribution in [0.4, 0.5) is 19.3 Å². The lowest BCUT2D eigenvalue weighted by Gasteiger charge is -2.53. The zero-order chi connectivity index (χ0) is 39.5. The van der Waals surface area contributed by atoms with Crippen LogP contribution in [-0.2, 0) is 29.6 Å². The van der Waals surface area contributed by atoms with Gasteiger partial charge in [0.2, 0.25) is 5.91 Å². The SMILES string of the molecule is CC#CC(=O)N1CC[C@@H](S(=O)(=O)c2ccc(N3CC(O)(CN4CCC(C(CNC(C)=O)(c5cccc(F)c5)[C@H]5CCC[C@@H]5NC(=O)OC)CC4)C3)c(F)c2)C1. The molecule has 4 aliphatic rings. The number of ether oxygens (including phenoxy) is 1. The summed E-state index contributed by atoms with van der Waals surface area (Å²) in [5.41, 5.74) is -0.836. The number of sulfone groups is 1. The number of rotatable bonds is 11. The Kier molecular flexibility index (Phi) is 12.1. The first-order valence-electron chi connectivity index (χ1n) is 19.0. The molecule has 6 rings (SSSR count). The first-order chi connectivity index (χ1) is 26.2. The second kappa shape index (κ2) is 16.5.